The minimum atomic E-state index is -0.740. The van der Waals surface area contributed by atoms with Crippen LogP contribution in [0.4, 0.5) is 0 Å². The van der Waals surface area contributed by atoms with E-state index < -0.39 is 23.2 Å². The van der Waals surface area contributed by atoms with Crippen molar-refractivity contribution in [3.8, 4) is 0 Å². The predicted molar refractivity (Wildman–Crippen MR) is 111 cm³/mol. The van der Waals surface area contributed by atoms with Crippen LogP contribution in [0.2, 0.25) is 3.12 Å². The maximum atomic E-state index is 2.60. The third kappa shape index (κ3) is 4.78. The molecule has 0 radical (unpaired) electrons. The summed E-state index contributed by atoms with van der Waals surface area (Å²) in [5.74, 6) is 0. The molecule has 0 amide bonds. The first-order chi connectivity index (χ1) is 12.4. The van der Waals surface area contributed by atoms with E-state index in [4.69, 9.17) is 0 Å². The third-order valence-electron chi connectivity index (χ3n) is 6.70. The Morgan fingerprint density at radius 2 is 1.61 bits per heavy atom. The Balaban J connectivity index is 0.00000196. The molecule has 0 aliphatic heterocycles. The van der Waals surface area contributed by atoms with Gasteiger partial charge < -0.3 is 34.0 Å². The van der Waals surface area contributed by atoms with E-state index in [0.29, 0.717) is 3.12 Å². The topological polar surface area (TPSA) is 0 Å². The van der Waals surface area contributed by atoms with Gasteiger partial charge in [-0.2, -0.15) is 0 Å². The summed E-state index contributed by atoms with van der Waals surface area (Å²) in [6.07, 6.45) is 9.00. The molecular weight excluding hydrogens is 551 g/mol. The monoisotopic (exact) mass is 582 g/mol. The second kappa shape index (κ2) is 11.1. The molecule has 0 bridgehead atoms. The Kier molecular flexibility index (Phi) is 10.4. The van der Waals surface area contributed by atoms with Gasteiger partial charge in [0.2, 0.25) is 0 Å². The molecule has 0 saturated carbocycles. The van der Waals surface area contributed by atoms with E-state index in [2.05, 4.69) is 71.9 Å². The summed E-state index contributed by atoms with van der Waals surface area (Å²) >= 11 is -0.740. The summed E-state index contributed by atoms with van der Waals surface area (Å²) in [4.78, 5) is 0. The number of allylic oxidation sites excluding steroid dienone is 5. The second-order valence-corrected chi connectivity index (χ2v) is 12.8. The van der Waals surface area contributed by atoms with Crippen molar-refractivity contribution < 1.29 is 57.2 Å². The van der Waals surface area contributed by atoms with Gasteiger partial charge in [0, 0.05) is 0 Å². The van der Waals surface area contributed by atoms with Crippen molar-refractivity contribution in [3.63, 3.8) is 0 Å². The maximum Gasteiger partial charge on any atom is -1.00 e. The van der Waals surface area contributed by atoms with E-state index in [-0.39, 0.29) is 34.0 Å². The molecule has 2 aliphatic carbocycles. The number of benzene rings is 1. The number of fused-ring (bicyclic) bond motifs is 1. The summed E-state index contributed by atoms with van der Waals surface area (Å²) in [7, 11) is 0. The number of hydrogen-bond acceptors (Lipinski definition) is 0. The van der Waals surface area contributed by atoms with E-state index in [9.17, 15) is 0 Å². The minimum Gasteiger partial charge on any atom is -1.00 e. The molecule has 3 heteroatoms. The average molecular weight is 586 g/mol. The first-order valence-electron chi connectivity index (χ1n) is 10.4. The summed E-state index contributed by atoms with van der Waals surface area (Å²) < 4.78 is 1.15. The zero-order valence-electron chi connectivity index (χ0n) is 18.3. The standard InChI is InChI=1S/C13H15.C12H19.2BrH.Zr/c1-2-3-6-11-9-12-7-4-5-8-13(12)10-11;1-6-7-12-10(4)8(2)9(3)11(12)5;;;/h4-5,7-10H,2-3,6H2,1H3;6-7H2,1-5H3;2*1H;/q;;;;+2/p-2. The van der Waals surface area contributed by atoms with Crippen LogP contribution in [0, 0.1) is 0 Å². The van der Waals surface area contributed by atoms with Crippen molar-refractivity contribution in [1.29, 1.82) is 0 Å². The fraction of sp³-hybridized carbons (Fsp3) is 0.520. The molecule has 28 heavy (non-hydrogen) atoms. The zero-order valence-corrected chi connectivity index (χ0v) is 23.9. The van der Waals surface area contributed by atoms with Crippen molar-refractivity contribution in [1.82, 2.24) is 0 Å². The molecule has 0 spiro atoms. The Bertz CT molecular complexity index is 787. The average Bonchev–Trinajstić information content (AvgIpc) is 3.06. The van der Waals surface area contributed by atoms with Gasteiger partial charge in [-0.05, 0) is 0 Å². The van der Waals surface area contributed by atoms with Gasteiger partial charge in [-0.1, -0.05) is 0 Å². The molecule has 2 unspecified atom stereocenters. The van der Waals surface area contributed by atoms with E-state index >= 15 is 0 Å². The van der Waals surface area contributed by atoms with Gasteiger partial charge in [0.1, 0.15) is 0 Å². The Morgan fingerprint density at radius 1 is 0.929 bits per heavy atom. The van der Waals surface area contributed by atoms with Crippen molar-refractivity contribution in [2.24, 2.45) is 0 Å². The number of hydrogen-bond donors (Lipinski definition) is 0. The van der Waals surface area contributed by atoms with Gasteiger partial charge in [-0.25, -0.2) is 0 Å². The molecule has 0 saturated heterocycles. The van der Waals surface area contributed by atoms with Crippen LogP contribution in [0.15, 0.2) is 52.1 Å². The number of halogens is 2. The minimum absolute atomic E-state index is 0. The van der Waals surface area contributed by atoms with Crippen LogP contribution in [-0.4, -0.2) is 0 Å². The predicted octanol–water partition coefficient (Wildman–Crippen LogP) is 2.05. The summed E-state index contributed by atoms with van der Waals surface area (Å²) in [6.45, 7) is 14.4. The molecule has 2 aliphatic rings. The molecule has 1 aromatic carbocycles. The van der Waals surface area contributed by atoms with Crippen molar-refractivity contribution in [3.05, 3.63) is 63.3 Å². The number of unbranched alkanes of at least 4 members (excludes halogenated alkanes) is 1. The molecule has 0 nitrogen and oxygen atoms in total. The molecular formula is C25H34Br2Zr. The number of rotatable bonds is 7. The Labute approximate surface area is 205 Å². The van der Waals surface area contributed by atoms with Crippen molar-refractivity contribution in [2.75, 3.05) is 0 Å². The van der Waals surface area contributed by atoms with E-state index in [1.54, 1.807) is 33.4 Å². The van der Waals surface area contributed by atoms with Crippen LogP contribution in [0.1, 0.15) is 88.4 Å². The smallest absolute Gasteiger partial charge is 1.00 e. The van der Waals surface area contributed by atoms with Gasteiger partial charge in [0.05, 0.1) is 0 Å². The molecule has 2 atom stereocenters. The maximum absolute atomic E-state index is 2.60. The van der Waals surface area contributed by atoms with Crippen LogP contribution in [0.3, 0.4) is 0 Å². The van der Waals surface area contributed by atoms with Crippen LogP contribution >= 0.6 is 0 Å². The van der Waals surface area contributed by atoms with Gasteiger partial charge in [0.25, 0.3) is 0 Å². The molecule has 0 N–H and O–H groups in total. The van der Waals surface area contributed by atoms with E-state index in [1.807, 2.05) is 0 Å². The molecule has 0 fully saturated rings. The van der Waals surface area contributed by atoms with Crippen LogP contribution in [0.5, 0.6) is 0 Å². The van der Waals surface area contributed by atoms with E-state index in [1.165, 1.54) is 37.7 Å². The van der Waals surface area contributed by atoms with Crippen molar-refractivity contribution >= 4 is 6.08 Å². The molecule has 0 aromatic heterocycles. The second-order valence-electron chi connectivity index (χ2n) is 8.26. The SMILES string of the molecule is CCCCC1=Cc2ccccc2[CH]1[Zr+2][C]1(C)C(C)=C(C)C(C)=C1CCC.[Br-].[Br-]. The summed E-state index contributed by atoms with van der Waals surface area (Å²) in [5.41, 5.74) is 11.5. The van der Waals surface area contributed by atoms with Gasteiger partial charge in [-0.3, -0.25) is 0 Å². The first kappa shape index (κ1) is 26.3. The Hall–Kier alpha value is 0.283. The first-order valence-corrected chi connectivity index (χ1v) is 13.0. The van der Waals surface area contributed by atoms with Crippen molar-refractivity contribution in [2.45, 2.75) is 80.4 Å². The molecule has 152 valence electrons. The molecule has 1 aromatic rings. The van der Waals surface area contributed by atoms with Gasteiger partial charge >= 0.3 is 173 Å². The van der Waals surface area contributed by atoms with Crippen LogP contribution in [0.25, 0.3) is 6.08 Å². The van der Waals surface area contributed by atoms with Crippen LogP contribution in [-0.2, 0) is 23.2 Å². The summed E-state index contributed by atoms with van der Waals surface area (Å²) in [5, 5.41) is 0. The largest absolute Gasteiger partial charge is 1.00 e. The van der Waals surface area contributed by atoms with E-state index in [0.717, 1.165) is 3.63 Å². The fourth-order valence-electron chi connectivity index (χ4n) is 4.81. The zero-order chi connectivity index (χ0) is 18.9. The normalized spacial score (nSPS) is 23.1. The molecule has 3 rings (SSSR count). The third-order valence-corrected chi connectivity index (χ3v) is 12.2. The quantitative estimate of drug-likeness (QED) is 0.460. The van der Waals surface area contributed by atoms with Gasteiger partial charge in [-0.15, -0.1) is 0 Å². The molecule has 0 heterocycles. The van der Waals surface area contributed by atoms with Crippen LogP contribution < -0.4 is 34.0 Å². The Morgan fingerprint density at radius 3 is 2.25 bits per heavy atom. The summed E-state index contributed by atoms with van der Waals surface area (Å²) in [6, 6.07) is 9.20. The van der Waals surface area contributed by atoms with Gasteiger partial charge in [0.15, 0.2) is 0 Å². The fourth-order valence-corrected chi connectivity index (χ4v) is 10.5.